The van der Waals surface area contributed by atoms with Gasteiger partial charge in [-0.15, -0.1) is 0 Å². The van der Waals surface area contributed by atoms with Crippen LogP contribution < -0.4 is 0 Å². The quantitative estimate of drug-likeness (QED) is 0.543. The molecule has 0 rings (SSSR count). The molecule has 0 saturated carbocycles. The van der Waals surface area contributed by atoms with Gasteiger partial charge in [0, 0.05) is 48.3 Å². The Kier molecular flexibility index (Phi) is 15.9. The predicted octanol–water partition coefficient (Wildman–Crippen LogP) is 4.42. The molecule has 0 aliphatic heterocycles. The summed E-state index contributed by atoms with van der Waals surface area (Å²) in [7, 11) is -2.99. The minimum absolute atomic E-state index is 0. The van der Waals surface area contributed by atoms with Crippen LogP contribution in [0.15, 0.2) is 0 Å². The fraction of sp³-hybridized carbons (Fsp3) is 0.857. The summed E-state index contributed by atoms with van der Waals surface area (Å²) in [6, 6.07) is 0. The average Bonchev–Trinajstić information content (AvgIpc) is 1.97. The summed E-state index contributed by atoms with van der Waals surface area (Å²) in [5.41, 5.74) is 0.364. The summed E-state index contributed by atoms with van der Waals surface area (Å²) >= 11 is 0. The first-order chi connectivity index (χ1) is 7.44. The monoisotopic (exact) mass is 351 g/mol. The molecule has 0 amide bonds. The van der Waals surface area contributed by atoms with Gasteiger partial charge in [0.2, 0.25) is 0 Å². The van der Waals surface area contributed by atoms with Crippen molar-refractivity contribution in [3.05, 3.63) is 12.2 Å². The van der Waals surface area contributed by atoms with E-state index in [1.54, 1.807) is 0 Å². The van der Waals surface area contributed by atoms with Crippen molar-refractivity contribution >= 4 is 9.84 Å². The fourth-order valence-corrected chi connectivity index (χ4v) is 1.80. The molecule has 1 radical (unpaired) electrons. The van der Waals surface area contributed by atoms with E-state index in [4.69, 9.17) is 0 Å². The first kappa shape index (κ1) is 24.1. The minimum Gasteiger partial charge on any atom is -0.323 e. The van der Waals surface area contributed by atoms with E-state index in [0.717, 1.165) is 25.7 Å². The van der Waals surface area contributed by atoms with Crippen LogP contribution in [0.4, 0.5) is 0 Å². The van der Waals surface area contributed by atoms with Crippen LogP contribution in [-0.2, 0) is 42.5 Å². The maximum Gasteiger partial charge on any atom is 0.0214 e. The Hall–Kier alpha value is 1.05. The number of rotatable bonds is 5. The van der Waals surface area contributed by atoms with E-state index in [2.05, 4.69) is 47.8 Å². The summed E-state index contributed by atoms with van der Waals surface area (Å²) in [6.07, 6.45) is 7.10. The second kappa shape index (κ2) is 11.8. The molecule has 4 heteroatoms. The van der Waals surface area contributed by atoms with Gasteiger partial charge < -0.3 is 5.92 Å². The molecular formula is C14H30O2SY-2. The Balaban J connectivity index is -0.000000392. The Bertz CT molecular complexity index is 261. The Morgan fingerprint density at radius 2 is 1.39 bits per heavy atom. The molecule has 0 aliphatic rings. The smallest absolute Gasteiger partial charge is 0.0214 e. The van der Waals surface area contributed by atoms with Gasteiger partial charge in [-0.25, -0.2) is 6.26 Å². The van der Waals surface area contributed by atoms with Crippen molar-refractivity contribution in [2.45, 2.75) is 67.2 Å². The third-order valence-corrected chi connectivity index (χ3v) is 2.79. The maximum absolute atomic E-state index is 10.7. The van der Waals surface area contributed by atoms with Gasteiger partial charge in [-0.2, -0.15) is 20.8 Å². The summed E-state index contributed by atoms with van der Waals surface area (Å²) in [5.74, 6) is 1.65. The Morgan fingerprint density at radius 3 is 1.67 bits per heavy atom. The molecule has 0 unspecified atom stereocenters. The van der Waals surface area contributed by atoms with Crippen LogP contribution in [0.3, 0.4) is 0 Å². The van der Waals surface area contributed by atoms with E-state index in [1.807, 2.05) is 0 Å². The summed E-state index contributed by atoms with van der Waals surface area (Å²) in [5, 5.41) is 0. The third-order valence-electron chi connectivity index (χ3n) is 1.88. The van der Waals surface area contributed by atoms with Crippen LogP contribution in [0.5, 0.6) is 0 Å². The van der Waals surface area contributed by atoms with E-state index in [-0.39, 0.29) is 38.5 Å². The molecule has 18 heavy (non-hydrogen) atoms. The average molecular weight is 351 g/mol. The molecule has 0 spiro atoms. The molecule has 0 aliphatic carbocycles. The molecule has 2 nitrogen and oxygen atoms in total. The van der Waals surface area contributed by atoms with Crippen molar-refractivity contribution in [1.29, 1.82) is 0 Å². The molecule has 0 N–H and O–H groups in total. The van der Waals surface area contributed by atoms with Crippen LogP contribution in [0, 0.1) is 17.6 Å². The van der Waals surface area contributed by atoms with Crippen LogP contribution >= 0.6 is 0 Å². The van der Waals surface area contributed by atoms with Crippen LogP contribution in [-0.4, -0.2) is 14.2 Å². The third kappa shape index (κ3) is 36.0. The van der Waals surface area contributed by atoms with E-state index in [0.29, 0.717) is 5.41 Å². The van der Waals surface area contributed by atoms with Crippen molar-refractivity contribution in [1.82, 2.24) is 0 Å². The SMILES string of the molecule is C[C-](C)C.[CH2-]S(=O)(=O)CCCCCC(C)(C)C.[Y]. The normalized spacial score (nSPS) is 11.6. The molecule has 0 saturated heterocycles. The van der Waals surface area contributed by atoms with Crippen LogP contribution in [0.2, 0.25) is 0 Å². The second-order valence-corrected chi connectivity index (χ2v) is 8.21. The molecule has 109 valence electrons. The van der Waals surface area contributed by atoms with E-state index >= 15 is 0 Å². The van der Waals surface area contributed by atoms with Gasteiger partial charge in [-0.1, -0.05) is 33.6 Å². The molecular weight excluding hydrogens is 321 g/mol. The van der Waals surface area contributed by atoms with Gasteiger partial charge in [-0.05, 0) is 18.3 Å². The minimum atomic E-state index is -2.99. The molecule has 0 heterocycles. The van der Waals surface area contributed by atoms with Crippen LogP contribution in [0.25, 0.3) is 0 Å². The van der Waals surface area contributed by atoms with Gasteiger partial charge in [0.05, 0.1) is 0 Å². The predicted molar refractivity (Wildman–Crippen MR) is 77.3 cm³/mol. The standard InChI is InChI=1S/C10H21O2S.C4H9.Y/c1-10(2,3)8-6-5-7-9-13(4,11)12;1-4(2)3;/h4-9H2,1-3H3;1-3H3;/q2*-1;. The molecule has 0 atom stereocenters. The Morgan fingerprint density at radius 1 is 1.00 bits per heavy atom. The first-order valence-electron chi connectivity index (χ1n) is 6.26. The molecule has 0 aromatic heterocycles. The molecule has 0 aromatic carbocycles. The van der Waals surface area contributed by atoms with E-state index in [1.165, 1.54) is 5.92 Å². The molecule has 0 aromatic rings. The zero-order chi connectivity index (χ0) is 14.1. The van der Waals surface area contributed by atoms with Crippen LogP contribution in [0.1, 0.15) is 67.2 Å². The topological polar surface area (TPSA) is 34.1 Å². The Labute approximate surface area is 140 Å². The zero-order valence-electron chi connectivity index (χ0n) is 13.0. The van der Waals surface area contributed by atoms with E-state index < -0.39 is 9.84 Å². The van der Waals surface area contributed by atoms with Gasteiger partial charge in [0.1, 0.15) is 0 Å². The maximum atomic E-state index is 10.7. The summed E-state index contributed by atoms with van der Waals surface area (Å²) in [6.45, 7) is 12.8. The fourth-order valence-electron chi connectivity index (χ4n) is 1.15. The summed E-state index contributed by atoms with van der Waals surface area (Å²) < 4.78 is 21.4. The van der Waals surface area contributed by atoms with Crippen molar-refractivity contribution in [3.63, 3.8) is 0 Å². The van der Waals surface area contributed by atoms with Crippen molar-refractivity contribution in [3.8, 4) is 0 Å². The van der Waals surface area contributed by atoms with Gasteiger partial charge >= 0.3 is 0 Å². The van der Waals surface area contributed by atoms with Crippen molar-refractivity contribution in [2.24, 2.45) is 5.41 Å². The second-order valence-electron chi connectivity index (χ2n) is 6.32. The first-order valence-corrected chi connectivity index (χ1v) is 8.09. The number of sulfone groups is 1. The van der Waals surface area contributed by atoms with Gasteiger partial charge in [0.15, 0.2) is 0 Å². The largest absolute Gasteiger partial charge is 0.323 e. The molecule has 0 fully saturated rings. The number of unbranched alkanes of at least 4 members (excludes halogenated alkanes) is 2. The molecule has 0 bridgehead atoms. The van der Waals surface area contributed by atoms with Gasteiger partial charge in [0.25, 0.3) is 0 Å². The zero-order valence-corrected chi connectivity index (χ0v) is 16.7. The number of hydrogen-bond acceptors (Lipinski definition) is 2. The summed E-state index contributed by atoms with van der Waals surface area (Å²) in [4.78, 5) is 0. The van der Waals surface area contributed by atoms with Gasteiger partial charge in [-0.3, -0.25) is 8.42 Å². The number of hydrogen-bond donors (Lipinski definition) is 0. The van der Waals surface area contributed by atoms with Crippen molar-refractivity contribution < 1.29 is 41.1 Å². The van der Waals surface area contributed by atoms with E-state index in [9.17, 15) is 8.42 Å². The van der Waals surface area contributed by atoms with Crippen molar-refractivity contribution in [2.75, 3.05) is 5.75 Å².